The Morgan fingerprint density at radius 1 is 1.23 bits per heavy atom. The van der Waals surface area contributed by atoms with Crippen LogP contribution in [-0.2, 0) is 22.4 Å². The normalized spacial score (nSPS) is 19.7. The molecule has 0 saturated heterocycles. The van der Waals surface area contributed by atoms with E-state index >= 15 is 0 Å². The monoisotopic (exact) mass is 480 g/mol. The first-order valence-corrected chi connectivity index (χ1v) is 12.6. The van der Waals surface area contributed by atoms with Crippen molar-refractivity contribution in [3.8, 4) is 0 Å². The number of fused-ring (bicyclic) bond motifs is 1. The molecule has 2 aromatic rings. The maximum atomic E-state index is 12.7. The molecule has 1 amide bonds. The summed E-state index contributed by atoms with van der Waals surface area (Å²) in [5.41, 5.74) is 5.10. The van der Waals surface area contributed by atoms with E-state index in [9.17, 15) is 14.7 Å². The lowest BCUT2D eigenvalue weighted by atomic mass is 9.79. The van der Waals surface area contributed by atoms with Gasteiger partial charge in [-0.05, 0) is 88.5 Å². The van der Waals surface area contributed by atoms with Crippen LogP contribution in [0.2, 0.25) is 0 Å². The Bertz CT molecular complexity index is 1060. The molecule has 0 aromatic carbocycles. The highest BCUT2D eigenvalue weighted by Crippen LogP contribution is 2.34. The van der Waals surface area contributed by atoms with E-state index in [1.807, 2.05) is 19.9 Å². The van der Waals surface area contributed by atoms with Gasteiger partial charge in [-0.1, -0.05) is 6.07 Å². The molecule has 2 aliphatic rings. The number of rotatable bonds is 10. The van der Waals surface area contributed by atoms with Crippen molar-refractivity contribution in [3.05, 3.63) is 52.0 Å². The molecule has 0 spiro atoms. The molecule has 3 heterocycles. The van der Waals surface area contributed by atoms with Gasteiger partial charge in [-0.15, -0.1) is 0 Å². The third-order valence-corrected chi connectivity index (χ3v) is 7.07. The van der Waals surface area contributed by atoms with Crippen molar-refractivity contribution in [2.75, 3.05) is 18.5 Å². The molecule has 2 aromatic heterocycles. The highest BCUT2D eigenvalue weighted by atomic mass is 16.5. The van der Waals surface area contributed by atoms with Crippen LogP contribution in [0.25, 0.3) is 0 Å². The second-order valence-corrected chi connectivity index (χ2v) is 9.90. The number of aromatic nitrogens is 2. The number of nitrogens with one attached hydrogen (secondary N) is 2. The Labute approximate surface area is 206 Å². The molecule has 4 rings (SSSR count). The average Bonchev–Trinajstić information content (AvgIpc) is 2.78. The minimum absolute atomic E-state index is 0.161. The van der Waals surface area contributed by atoms with Crippen molar-refractivity contribution in [2.24, 2.45) is 5.92 Å². The lowest BCUT2D eigenvalue weighted by Gasteiger charge is -2.35. The molecule has 8 nitrogen and oxygen atoms in total. The van der Waals surface area contributed by atoms with Crippen molar-refractivity contribution in [1.29, 1.82) is 0 Å². The minimum Gasteiger partial charge on any atom is -0.480 e. The van der Waals surface area contributed by atoms with E-state index in [2.05, 4.69) is 27.8 Å². The molecule has 1 aliphatic heterocycles. The molecule has 1 unspecified atom stereocenters. The minimum atomic E-state index is -1.06. The van der Waals surface area contributed by atoms with Crippen molar-refractivity contribution in [2.45, 2.75) is 77.9 Å². The zero-order valence-corrected chi connectivity index (χ0v) is 20.9. The van der Waals surface area contributed by atoms with Crippen molar-refractivity contribution in [3.63, 3.8) is 0 Å². The van der Waals surface area contributed by atoms with Crippen LogP contribution in [0.5, 0.6) is 0 Å². The first-order valence-electron chi connectivity index (χ1n) is 12.6. The van der Waals surface area contributed by atoms with Gasteiger partial charge in [0, 0.05) is 31.0 Å². The van der Waals surface area contributed by atoms with Crippen LogP contribution >= 0.6 is 0 Å². The van der Waals surface area contributed by atoms with Gasteiger partial charge in [0.05, 0.1) is 17.4 Å². The standard InChI is InChI=1S/C27H36N4O4/c1-16-13-17(2)29-18(3)24(16)26(32)31-23(27(33)34)10-12-35-22-14-19(15-22)6-8-21-9-7-20-5-4-11-28-25(20)30-21/h7,9,13,19,22-23H,4-6,8,10-12,14-15H2,1-3H3,(H,28,30)(H,31,32)(H,33,34). The molecule has 1 saturated carbocycles. The maximum Gasteiger partial charge on any atom is 0.326 e. The fourth-order valence-electron chi connectivity index (χ4n) is 5.11. The number of carboxylic acid groups (broad SMARTS) is 1. The smallest absolute Gasteiger partial charge is 0.326 e. The van der Waals surface area contributed by atoms with Crippen LogP contribution in [0.3, 0.4) is 0 Å². The number of aryl methyl sites for hydroxylation is 5. The molecule has 8 heteroatoms. The summed E-state index contributed by atoms with van der Waals surface area (Å²) in [7, 11) is 0. The average molecular weight is 481 g/mol. The van der Waals surface area contributed by atoms with Gasteiger partial charge >= 0.3 is 5.97 Å². The van der Waals surface area contributed by atoms with E-state index < -0.39 is 17.9 Å². The first-order chi connectivity index (χ1) is 16.8. The lowest BCUT2D eigenvalue weighted by Crippen LogP contribution is -2.42. The first kappa shape index (κ1) is 25.1. The number of aliphatic carboxylic acids is 1. The highest BCUT2D eigenvalue weighted by molar-refractivity contribution is 5.98. The van der Waals surface area contributed by atoms with Crippen LogP contribution in [0.15, 0.2) is 18.2 Å². The maximum absolute atomic E-state index is 12.7. The summed E-state index contributed by atoms with van der Waals surface area (Å²) in [6, 6.07) is 5.18. The number of carbonyl (C=O) groups excluding carboxylic acids is 1. The van der Waals surface area contributed by atoms with E-state index in [-0.39, 0.29) is 12.5 Å². The predicted molar refractivity (Wildman–Crippen MR) is 134 cm³/mol. The van der Waals surface area contributed by atoms with Gasteiger partial charge in [-0.3, -0.25) is 9.78 Å². The summed E-state index contributed by atoms with van der Waals surface area (Å²) in [5, 5.41) is 15.6. The summed E-state index contributed by atoms with van der Waals surface area (Å²) in [6.45, 7) is 6.77. The van der Waals surface area contributed by atoms with Crippen molar-refractivity contribution in [1.82, 2.24) is 15.3 Å². The Morgan fingerprint density at radius 2 is 2.03 bits per heavy atom. The Morgan fingerprint density at radius 3 is 2.77 bits per heavy atom. The van der Waals surface area contributed by atoms with E-state index in [4.69, 9.17) is 9.72 Å². The van der Waals surface area contributed by atoms with Crippen LogP contribution < -0.4 is 10.6 Å². The van der Waals surface area contributed by atoms with Crippen molar-refractivity contribution < 1.29 is 19.4 Å². The number of ether oxygens (including phenoxy) is 1. The third-order valence-electron chi connectivity index (χ3n) is 7.07. The van der Waals surface area contributed by atoms with Gasteiger partial charge in [0.15, 0.2) is 0 Å². The number of carboxylic acids is 1. The lowest BCUT2D eigenvalue weighted by molar-refractivity contribution is -0.140. The summed E-state index contributed by atoms with van der Waals surface area (Å²) in [5.74, 6) is 0.193. The fourth-order valence-corrected chi connectivity index (χ4v) is 5.11. The van der Waals surface area contributed by atoms with Gasteiger partial charge in [0.1, 0.15) is 11.9 Å². The van der Waals surface area contributed by atoms with Gasteiger partial charge < -0.3 is 20.5 Å². The van der Waals surface area contributed by atoms with Gasteiger partial charge in [-0.25, -0.2) is 9.78 Å². The second-order valence-electron chi connectivity index (χ2n) is 9.90. The number of anilines is 1. The number of carbonyl (C=O) groups is 2. The predicted octanol–water partition coefficient (Wildman–Crippen LogP) is 3.76. The molecular weight excluding hydrogens is 444 g/mol. The van der Waals surface area contributed by atoms with Crippen LogP contribution in [0.1, 0.15) is 70.7 Å². The zero-order valence-electron chi connectivity index (χ0n) is 20.9. The zero-order chi connectivity index (χ0) is 24.9. The largest absolute Gasteiger partial charge is 0.480 e. The molecule has 0 bridgehead atoms. The van der Waals surface area contributed by atoms with Gasteiger partial charge in [-0.2, -0.15) is 0 Å². The molecule has 1 fully saturated rings. The molecule has 35 heavy (non-hydrogen) atoms. The van der Waals surface area contributed by atoms with E-state index in [0.717, 1.165) is 61.4 Å². The second kappa shape index (κ2) is 11.2. The van der Waals surface area contributed by atoms with Gasteiger partial charge in [0.2, 0.25) is 0 Å². The van der Waals surface area contributed by atoms with Crippen molar-refractivity contribution >= 4 is 17.7 Å². The number of pyridine rings is 2. The van der Waals surface area contributed by atoms with E-state index in [0.29, 0.717) is 23.8 Å². The number of hydrogen-bond donors (Lipinski definition) is 3. The molecule has 0 radical (unpaired) electrons. The summed E-state index contributed by atoms with van der Waals surface area (Å²) < 4.78 is 5.91. The quantitative estimate of drug-likeness (QED) is 0.474. The fraction of sp³-hybridized carbons (Fsp3) is 0.556. The summed E-state index contributed by atoms with van der Waals surface area (Å²) >= 11 is 0. The highest BCUT2D eigenvalue weighted by Gasteiger charge is 2.30. The van der Waals surface area contributed by atoms with Crippen LogP contribution in [-0.4, -0.2) is 52.2 Å². The van der Waals surface area contributed by atoms with E-state index in [1.54, 1.807) is 6.92 Å². The summed E-state index contributed by atoms with van der Waals surface area (Å²) in [6.07, 6.45) is 6.68. The SMILES string of the molecule is Cc1cc(C)c(C(=O)NC(CCOC2CC(CCc3ccc4c(n3)NCCC4)C2)C(=O)O)c(C)n1. The number of nitrogens with zero attached hydrogens (tertiary/aromatic N) is 2. The van der Waals surface area contributed by atoms with Crippen LogP contribution in [0.4, 0.5) is 5.82 Å². The Balaban J connectivity index is 1.18. The molecule has 3 N–H and O–H groups in total. The molecular formula is C27H36N4O4. The van der Waals surface area contributed by atoms with E-state index in [1.165, 1.54) is 12.0 Å². The molecule has 188 valence electrons. The molecule has 1 aliphatic carbocycles. The van der Waals surface area contributed by atoms with Crippen LogP contribution in [0, 0.1) is 26.7 Å². The third kappa shape index (κ3) is 6.36. The molecule has 1 atom stereocenters. The Hall–Kier alpha value is -3.00. The topological polar surface area (TPSA) is 113 Å². The number of amides is 1. The summed E-state index contributed by atoms with van der Waals surface area (Å²) in [4.78, 5) is 33.5. The van der Waals surface area contributed by atoms with Gasteiger partial charge in [0.25, 0.3) is 5.91 Å². The Kier molecular flexibility index (Phi) is 8.00. The number of hydrogen-bond acceptors (Lipinski definition) is 6.